The Hall–Kier alpha value is -2.58. The van der Waals surface area contributed by atoms with Crippen LogP contribution in [-0.4, -0.2) is 49.8 Å². The molecule has 1 saturated heterocycles. The summed E-state index contributed by atoms with van der Waals surface area (Å²) in [6, 6.07) is 14.7. The first kappa shape index (κ1) is 23.1. The summed E-state index contributed by atoms with van der Waals surface area (Å²) in [5.41, 5.74) is 3.13. The number of sulfonamides is 1. The summed E-state index contributed by atoms with van der Waals surface area (Å²) in [6.45, 7) is 9.04. The van der Waals surface area contributed by atoms with E-state index in [0.29, 0.717) is 30.9 Å². The van der Waals surface area contributed by atoms with Crippen molar-refractivity contribution >= 4 is 27.3 Å². The Morgan fingerprint density at radius 1 is 1.00 bits per heavy atom. The lowest BCUT2D eigenvalue weighted by Gasteiger charge is -2.35. The van der Waals surface area contributed by atoms with Crippen LogP contribution in [-0.2, 0) is 21.3 Å². The van der Waals surface area contributed by atoms with Crippen LogP contribution in [0.4, 0.5) is 11.4 Å². The summed E-state index contributed by atoms with van der Waals surface area (Å²) in [5.74, 6) is 0.0213. The molecule has 1 aliphatic rings. The average molecular weight is 446 g/mol. The molecular formula is C23H31N3O4S. The molecule has 1 aliphatic heterocycles. The van der Waals surface area contributed by atoms with E-state index in [1.807, 2.05) is 55.1 Å². The molecule has 0 saturated carbocycles. The number of carbonyl (C=O) groups excluding carboxylic acids is 1. The minimum atomic E-state index is -3.35. The summed E-state index contributed by atoms with van der Waals surface area (Å²) < 4.78 is 32.2. The molecule has 2 atom stereocenters. The minimum absolute atomic E-state index is 0.0213. The maximum absolute atomic E-state index is 12.8. The predicted octanol–water partition coefficient (Wildman–Crippen LogP) is 3.70. The number of benzene rings is 2. The zero-order chi connectivity index (χ0) is 22.6. The molecule has 7 nitrogen and oxygen atoms in total. The quantitative estimate of drug-likeness (QED) is 0.679. The molecule has 0 aromatic heterocycles. The molecule has 168 valence electrons. The molecule has 0 spiro atoms. The highest BCUT2D eigenvalue weighted by Crippen LogP contribution is 2.18. The van der Waals surface area contributed by atoms with Crippen LogP contribution in [0, 0.1) is 0 Å². The Labute approximate surface area is 184 Å². The van der Waals surface area contributed by atoms with Gasteiger partial charge in [-0.2, -0.15) is 0 Å². The van der Waals surface area contributed by atoms with Gasteiger partial charge >= 0.3 is 0 Å². The molecule has 0 unspecified atom stereocenters. The summed E-state index contributed by atoms with van der Waals surface area (Å²) in [5, 5.41) is 2.84. The molecule has 1 amide bonds. The topological polar surface area (TPSA) is 87.7 Å². The van der Waals surface area contributed by atoms with E-state index in [1.54, 1.807) is 26.0 Å². The molecule has 31 heavy (non-hydrogen) atoms. The van der Waals surface area contributed by atoms with Crippen molar-refractivity contribution in [2.75, 3.05) is 23.1 Å². The molecule has 8 heteroatoms. The second-order valence-corrected chi connectivity index (χ2v) is 10.5. The van der Waals surface area contributed by atoms with Crippen molar-refractivity contribution in [3.63, 3.8) is 0 Å². The minimum Gasteiger partial charge on any atom is -0.381 e. The number of hydrogen-bond donors (Lipinski definition) is 2. The third-order valence-electron chi connectivity index (χ3n) is 5.17. The number of rotatable bonds is 7. The molecule has 2 aromatic carbocycles. The van der Waals surface area contributed by atoms with E-state index in [2.05, 4.69) is 10.0 Å². The molecule has 2 N–H and O–H groups in total. The van der Waals surface area contributed by atoms with E-state index in [9.17, 15) is 13.2 Å². The highest BCUT2D eigenvalue weighted by molar-refractivity contribution is 7.93. The number of hydrogen-bond acceptors (Lipinski definition) is 5. The van der Waals surface area contributed by atoms with Gasteiger partial charge in [0, 0.05) is 36.6 Å². The second-order valence-electron chi connectivity index (χ2n) is 8.29. The van der Waals surface area contributed by atoms with Crippen molar-refractivity contribution in [3.05, 3.63) is 59.7 Å². The molecule has 1 fully saturated rings. The Kier molecular flexibility index (Phi) is 7.23. The van der Waals surface area contributed by atoms with Crippen LogP contribution in [0.3, 0.4) is 0 Å². The molecule has 0 bridgehead atoms. The van der Waals surface area contributed by atoms with Gasteiger partial charge in [-0.15, -0.1) is 0 Å². The first-order valence-corrected chi connectivity index (χ1v) is 12.1. The smallest absolute Gasteiger partial charge is 0.254 e. The fourth-order valence-corrected chi connectivity index (χ4v) is 4.13. The van der Waals surface area contributed by atoms with Crippen LogP contribution in [0.15, 0.2) is 48.5 Å². The molecule has 1 heterocycles. The lowest BCUT2D eigenvalue weighted by molar-refractivity contribution is -0.0586. The SMILES string of the molecule is CC(C)S(=O)(=O)Nc1ccc(CNc2ccc(C(=O)N3C[C@@H](C)O[C@@H](C)C3)cc2)cc1. The molecule has 0 aliphatic carbocycles. The number of nitrogens with one attached hydrogen (secondary N) is 2. The van der Waals surface area contributed by atoms with Crippen LogP contribution >= 0.6 is 0 Å². The van der Waals surface area contributed by atoms with Crippen LogP contribution in [0.2, 0.25) is 0 Å². The van der Waals surface area contributed by atoms with Gasteiger partial charge in [0.05, 0.1) is 17.5 Å². The van der Waals surface area contributed by atoms with Gasteiger partial charge in [-0.1, -0.05) is 12.1 Å². The monoisotopic (exact) mass is 445 g/mol. The molecule has 0 radical (unpaired) electrons. The Balaban J connectivity index is 1.55. The van der Waals surface area contributed by atoms with E-state index in [-0.39, 0.29) is 18.1 Å². The van der Waals surface area contributed by atoms with Gasteiger partial charge in [0.2, 0.25) is 10.0 Å². The van der Waals surface area contributed by atoms with Crippen LogP contribution in [0.25, 0.3) is 0 Å². The van der Waals surface area contributed by atoms with Crippen molar-refractivity contribution in [3.8, 4) is 0 Å². The third-order valence-corrected chi connectivity index (χ3v) is 6.93. The summed E-state index contributed by atoms with van der Waals surface area (Å²) in [4.78, 5) is 14.6. The van der Waals surface area contributed by atoms with Gasteiger partial charge < -0.3 is 15.0 Å². The van der Waals surface area contributed by atoms with Crippen molar-refractivity contribution in [2.24, 2.45) is 0 Å². The number of anilines is 2. The number of morpholine rings is 1. The summed E-state index contributed by atoms with van der Waals surface area (Å²) >= 11 is 0. The van der Waals surface area contributed by atoms with Gasteiger partial charge in [0.15, 0.2) is 0 Å². The molecule has 2 aromatic rings. The van der Waals surface area contributed by atoms with Gasteiger partial charge in [0.25, 0.3) is 5.91 Å². The Morgan fingerprint density at radius 3 is 2.10 bits per heavy atom. The Bertz CT molecular complexity index is 978. The Morgan fingerprint density at radius 2 is 1.55 bits per heavy atom. The second kappa shape index (κ2) is 9.70. The molecule has 3 rings (SSSR count). The van der Waals surface area contributed by atoms with E-state index >= 15 is 0 Å². The number of nitrogens with zero attached hydrogens (tertiary/aromatic N) is 1. The fraction of sp³-hybridized carbons (Fsp3) is 0.435. The van der Waals surface area contributed by atoms with Crippen LogP contribution in [0.1, 0.15) is 43.6 Å². The lowest BCUT2D eigenvalue weighted by atomic mass is 10.1. The molecular weight excluding hydrogens is 414 g/mol. The van der Waals surface area contributed by atoms with Crippen LogP contribution in [0.5, 0.6) is 0 Å². The standard InChI is InChI=1S/C23H31N3O4S/c1-16(2)31(28,29)25-22-9-5-19(6-10-22)13-24-21-11-7-20(8-12-21)23(27)26-14-17(3)30-18(4)15-26/h5-12,16-18,24-25H,13-15H2,1-4H3/t17-,18+. The zero-order valence-corrected chi connectivity index (χ0v) is 19.3. The van der Waals surface area contributed by atoms with Crippen molar-refractivity contribution in [1.82, 2.24) is 4.90 Å². The predicted molar refractivity (Wildman–Crippen MR) is 124 cm³/mol. The van der Waals surface area contributed by atoms with Crippen molar-refractivity contribution < 1.29 is 17.9 Å². The first-order chi connectivity index (χ1) is 14.6. The number of amides is 1. The van der Waals surface area contributed by atoms with Gasteiger partial charge in [-0.05, 0) is 69.7 Å². The highest BCUT2D eigenvalue weighted by atomic mass is 32.2. The van der Waals surface area contributed by atoms with Crippen molar-refractivity contribution in [2.45, 2.75) is 51.7 Å². The fourth-order valence-electron chi connectivity index (χ4n) is 3.43. The summed E-state index contributed by atoms with van der Waals surface area (Å²) in [7, 11) is -3.35. The zero-order valence-electron chi connectivity index (χ0n) is 18.5. The van der Waals surface area contributed by atoms with E-state index in [4.69, 9.17) is 4.74 Å². The normalized spacial score (nSPS) is 19.3. The van der Waals surface area contributed by atoms with Gasteiger partial charge in [0.1, 0.15) is 0 Å². The lowest BCUT2D eigenvalue weighted by Crippen LogP contribution is -2.48. The van der Waals surface area contributed by atoms with Gasteiger partial charge in [-0.25, -0.2) is 8.42 Å². The maximum atomic E-state index is 12.8. The largest absolute Gasteiger partial charge is 0.381 e. The van der Waals surface area contributed by atoms with E-state index < -0.39 is 15.3 Å². The van der Waals surface area contributed by atoms with Crippen molar-refractivity contribution in [1.29, 1.82) is 0 Å². The number of ether oxygens (including phenoxy) is 1. The average Bonchev–Trinajstić information content (AvgIpc) is 2.72. The first-order valence-electron chi connectivity index (χ1n) is 10.5. The maximum Gasteiger partial charge on any atom is 0.254 e. The third kappa shape index (κ3) is 6.21. The van der Waals surface area contributed by atoms with Gasteiger partial charge in [-0.3, -0.25) is 9.52 Å². The number of carbonyl (C=O) groups is 1. The van der Waals surface area contributed by atoms with E-state index in [0.717, 1.165) is 11.3 Å². The van der Waals surface area contributed by atoms with E-state index in [1.165, 1.54) is 0 Å². The highest BCUT2D eigenvalue weighted by Gasteiger charge is 2.26. The van der Waals surface area contributed by atoms with Crippen LogP contribution < -0.4 is 10.0 Å². The summed E-state index contributed by atoms with van der Waals surface area (Å²) in [6.07, 6.45) is 0.0846.